The number of nitrogens with one attached hydrogen (secondary N) is 1. The molecular weight excluding hydrogens is 550 g/mol. The molecule has 1 atom stereocenters. The van der Waals surface area contributed by atoms with Gasteiger partial charge in [-0.2, -0.15) is 13.2 Å². The molecule has 0 amide bonds. The molecule has 3 heterocycles. The van der Waals surface area contributed by atoms with Gasteiger partial charge in [-0.3, -0.25) is 4.90 Å². The number of aliphatic carboxylic acids is 1. The summed E-state index contributed by atoms with van der Waals surface area (Å²) in [6.07, 6.45) is -0.951. The van der Waals surface area contributed by atoms with Crippen molar-refractivity contribution < 1.29 is 27.5 Å². The second-order valence-corrected chi connectivity index (χ2v) is 10.5. The minimum absolute atomic E-state index is 0.0784. The lowest BCUT2D eigenvalue weighted by Gasteiger charge is -2.30. The first-order valence-electron chi connectivity index (χ1n) is 12.8. The fourth-order valence-electron chi connectivity index (χ4n) is 4.93. The van der Waals surface area contributed by atoms with E-state index in [1.807, 2.05) is 11.6 Å². The normalized spacial score (nSPS) is 17.2. The van der Waals surface area contributed by atoms with Gasteiger partial charge in [0.05, 0.1) is 23.1 Å². The van der Waals surface area contributed by atoms with Crippen LogP contribution in [0.5, 0.6) is 0 Å². The van der Waals surface area contributed by atoms with Crippen LogP contribution >= 0.6 is 11.6 Å². The van der Waals surface area contributed by atoms with Gasteiger partial charge in [-0.05, 0) is 74.6 Å². The monoisotopic (exact) mass is 579 g/mol. The first-order chi connectivity index (χ1) is 18.8. The smallest absolute Gasteiger partial charge is 0.475 e. The van der Waals surface area contributed by atoms with Gasteiger partial charge in [0.15, 0.2) is 0 Å². The third kappa shape index (κ3) is 6.64. The molecule has 5 rings (SSSR count). The summed E-state index contributed by atoms with van der Waals surface area (Å²) < 4.78 is 48.3. The molecule has 1 aromatic heterocycles. The fourth-order valence-corrected chi connectivity index (χ4v) is 5.10. The summed E-state index contributed by atoms with van der Waals surface area (Å²) in [5, 5.41) is 19.7. The van der Waals surface area contributed by atoms with E-state index in [0.29, 0.717) is 23.3 Å². The van der Waals surface area contributed by atoms with Crippen LogP contribution in [0.15, 0.2) is 42.5 Å². The second-order valence-electron chi connectivity index (χ2n) is 10.0. The molecule has 3 aromatic rings. The maximum atomic E-state index is 14.6. The molecule has 0 saturated carbocycles. The van der Waals surface area contributed by atoms with Gasteiger partial charge in [-0.1, -0.05) is 35.0 Å². The van der Waals surface area contributed by atoms with Gasteiger partial charge in [0.1, 0.15) is 5.82 Å². The Morgan fingerprint density at radius 3 is 2.52 bits per heavy atom. The molecule has 2 aliphatic rings. The zero-order valence-electron chi connectivity index (χ0n) is 22.3. The average molecular weight is 580 g/mol. The Labute approximate surface area is 234 Å². The summed E-state index contributed by atoms with van der Waals surface area (Å²) in [5.74, 6) is -3.06. The predicted molar refractivity (Wildman–Crippen MR) is 146 cm³/mol. The molecule has 1 unspecified atom stereocenters. The molecule has 7 nitrogen and oxygen atoms in total. The number of carboxylic acid groups (broad SMARTS) is 1. The molecule has 214 valence electrons. The summed E-state index contributed by atoms with van der Waals surface area (Å²) in [6, 6.07) is 11.8. The van der Waals surface area contributed by atoms with Crippen LogP contribution in [0.1, 0.15) is 49.6 Å². The van der Waals surface area contributed by atoms with Crippen LogP contribution in [0.3, 0.4) is 0 Å². The lowest BCUT2D eigenvalue weighted by molar-refractivity contribution is -0.192. The van der Waals surface area contributed by atoms with Crippen molar-refractivity contribution in [1.29, 1.82) is 0 Å². The summed E-state index contributed by atoms with van der Waals surface area (Å²) in [4.78, 5) is 11.4. The number of nitrogens with zero attached hydrogens (tertiary/aromatic N) is 4. The van der Waals surface area contributed by atoms with Crippen molar-refractivity contribution in [2.75, 3.05) is 18.4 Å². The van der Waals surface area contributed by atoms with Crippen LogP contribution in [0.2, 0.25) is 5.02 Å². The van der Waals surface area contributed by atoms with Gasteiger partial charge in [0, 0.05) is 36.3 Å². The van der Waals surface area contributed by atoms with Crippen molar-refractivity contribution in [1.82, 2.24) is 19.9 Å². The Hall–Kier alpha value is -3.44. The molecule has 0 radical (unpaired) electrons. The Kier molecular flexibility index (Phi) is 8.84. The number of fused-ring (bicyclic) bond motifs is 3. The molecule has 0 aliphatic carbocycles. The maximum Gasteiger partial charge on any atom is 0.490 e. The number of halogens is 5. The van der Waals surface area contributed by atoms with E-state index in [0.717, 1.165) is 48.4 Å². The van der Waals surface area contributed by atoms with Crippen LogP contribution in [-0.4, -0.2) is 56.3 Å². The van der Waals surface area contributed by atoms with Crippen molar-refractivity contribution in [2.45, 2.75) is 58.4 Å². The topological polar surface area (TPSA) is 83.3 Å². The van der Waals surface area contributed by atoms with Gasteiger partial charge in [0.2, 0.25) is 0 Å². The average Bonchev–Trinajstić information content (AvgIpc) is 3.19. The maximum absolute atomic E-state index is 14.6. The number of anilines is 1. The summed E-state index contributed by atoms with van der Waals surface area (Å²) in [7, 11) is 0. The van der Waals surface area contributed by atoms with Crippen LogP contribution in [0.4, 0.5) is 23.2 Å². The van der Waals surface area contributed by atoms with Crippen LogP contribution in [0.25, 0.3) is 16.8 Å². The predicted octanol–water partition coefficient (Wildman–Crippen LogP) is 6.73. The summed E-state index contributed by atoms with van der Waals surface area (Å²) in [5.41, 5.74) is 7.20. The standard InChI is InChI=1S/C26H29ClFN5.C2HF3O2/c1-16(2)32-11-8-18(9-12-32)19-4-6-21-22(14-19)24(10-13-33-26(21)17(3)30-31-33)29-25-15-20(27)5-7-23(25)28;3-2(4,5)1(6)7/h4-8,14-16,24,29H,9-13H2,1-3H3;(H,6,7). The highest BCUT2D eigenvalue weighted by Gasteiger charge is 2.38. The van der Waals surface area contributed by atoms with Crippen LogP contribution in [0, 0.1) is 12.7 Å². The Morgan fingerprint density at radius 1 is 1.18 bits per heavy atom. The summed E-state index contributed by atoms with van der Waals surface area (Å²) in [6.45, 7) is 9.20. The third-order valence-corrected chi connectivity index (χ3v) is 7.29. The lowest BCUT2D eigenvalue weighted by Crippen LogP contribution is -2.34. The van der Waals surface area contributed by atoms with Gasteiger partial charge in [-0.25, -0.2) is 13.9 Å². The van der Waals surface area contributed by atoms with E-state index in [1.54, 1.807) is 12.1 Å². The highest BCUT2D eigenvalue weighted by atomic mass is 35.5. The Morgan fingerprint density at radius 2 is 1.90 bits per heavy atom. The number of carbonyl (C=O) groups is 1. The second kappa shape index (κ2) is 12.0. The van der Waals surface area contributed by atoms with Gasteiger partial charge in [-0.15, -0.1) is 5.10 Å². The number of benzene rings is 2. The number of aryl methyl sites for hydroxylation is 2. The molecule has 12 heteroatoms. The number of rotatable bonds is 4. The van der Waals surface area contributed by atoms with Crippen molar-refractivity contribution in [3.8, 4) is 11.3 Å². The number of hydrogen-bond donors (Lipinski definition) is 2. The molecule has 2 N–H and O–H groups in total. The number of hydrogen-bond acceptors (Lipinski definition) is 5. The van der Waals surface area contributed by atoms with E-state index in [2.05, 4.69) is 58.7 Å². The van der Waals surface area contributed by atoms with Crippen molar-refractivity contribution in [2.24, 2.45) is 0 Å². The molecular formula is C28H30ClF4N5O2. The van der Waals surface area contributed by atoms with Crippen molar-refractivity contribution in [3.63, 3.8) is 0 Å². The highest BCUT2D eigenvalue weighted by molar-refractivity contribution is 6.30. The lowest BCUT2D eigenvalue weighted by atomic mass is 9.90. The largest absolute Gasteiger partial charge is 0.490 e. The minimum Gasteiger partial charge on any atom is -0.475 e. The van der Waals surface area contributed by atoms with Gasteiger partial charge in [0.25, 0.3) is 0 Å². The van der Waals surface area contributed by atoms with E-state index < -0.39 is 12.1 Å². The Balaban J connectivity index is 0.000000470. The molecule has 2 aliphatic heterocycles. The fraction of sp³-hybridized carbons (Fsp3) is 0.393. The molecule has 2 aromatic carbocycles. The number of alkyl halides is 3. The zero-order chi connectivity index (χ0) is 29.2. The number of carboxylic acids is 1. The first-order valence-corrected chi connectivity index (χ1v) is 13.2. The molecule has 0 fully saturated rings. The molecule has 0 spiro atoms. The van der Waals surface area contributed by atoms with Gasteiger partial charge >= 0.3 is 12.1 Å². The molecule has 0 bridgehead atoms. The quantitative estimate of drug-likeness (QED) is 0.333. The highest BCUT2D eigenvalue weighted by Crippen LogP contribution is 2.39. The zero-order valence-corrected chi connectivity index (χ0v) is 23.0. The van der Waals surface area contributed by atoms with E-state index in [1.165, 1.54) is 17.2 Å². The first kappa shape index (κ1) is 29.5. The molecule has 40 heavy (non-hydrogen) atoms. The van der Waals surface area contributed by atoms with E-state index >= 15 is 0 Å². The Bertz CT molecular complexity index is 1420. The summed E-state index contributed by atoms with van der Waals surface area (Å²) >= 11 is 6.16. The van der Waals surface area contributed by atoms with Gasteiger partial charge < -0.3 is 10.4 Å². The van der Waals surface area contributed by atoms with Crippen LogP contribution < -0.4 is 5.32 Å². The SMILES string of the molecule is Cc1nnn2c1-c1ccc(C3=CCN(C(C)C)CC3)cc1C(Nc1cc(Cl)ccc1F)CC2.O=C(O)C(F)(F)F. The van der Waals surface area contributed by atoms with Crippen LogP contribution in [-0.2, 0) is 11.3 Å². The van der Waals surface area contributed by atoms with Crippen molar-refractivity contribution >= 4 is 28.8 Å². The van der Waals surface area contributed by atoms with Crippen molar-refractivity contribution in [3.05, 3.63) is 70.1 Å². The minimum atomic E-state index is -5.08. The van der Waals surface area contributed by atoms with E-state index in [9.17, 15) is 17.6 Å². The molecule has 0 saturated heterocycles. The van der Waals surface area contributed by atoms with E-state index in [-0.39, 0.29) is 11.9 Å². The third-order valence-electron chi connectivity index (χ3n) is 7.06. The van der Waals surface area contributed by atoms with E-state index in [4.69, 9.17) is 21.5 Å². The number of aromatic nitrogens is 3.